The van der Waals surface area contributed by atoms with Crippen molar-refractivity contribution in [2.75, 3.05) is 20.3 Å². The zero-order valence-corrected chi connectivity index (χ0v) is 9.69. The van der Waals surface area contributed by atoms with E-state index in [1.54, 1.807) is 7.11 Å². The fourth-order valence-corrected chi connectivity index (χ4v) is 1.61. The van der Waals surface area contributed by atoms with Crippen molar-refractivity contribution in [1.29, 1.82) is 0 Å². The predicted molar refractivity (Wildman–Crippen MR) is 55.9 cm³/mol. The van der Waals surface area contributed by atoms with E-state index in [2.05, 4.69) is 0 Å². The Labute approximate surface area is 90.9 Å². The highest BCUT2D eigenvalue weighted by atomic mass is 16.6. The van der Waals surface area contributed by atoms with E-state index >= 15 is 0 Å². The summed E-state index contributed by atoms with van der Waals surface area (Å²) in [5, 5.41) is 0. The number of rotatable bonds is 7. The third-order valence-electron chi connectivity index (χ3n) is 2.37. The van der Waals surface area contributed by atoms with Gasteiger partial charge in [-0.1, -0.05) is 6.92 Å². The maximum Gasteiger partial charge on any atom is 0.166 e. The lowest BCUT2D eigenvalue weighted by Gasteiger charge is -2.36. The molecule has 88 valence electrons. The minimum absolute atomic E-state index is 0.0147. The summed E-state index contributed by atoms with van der Waals surface area (Å²) in [5.41, 5.74) is 0. The molecule has 0 radical (unpaired) electrons. The first-order valence-corrected chi connectivity index (χ1v) is 5.47. The molecule has 0 aromatic rings. The van der Waals surface area contributed by atoms with Gasteiger partial charge < -0.3 is 14.2 Å². The maximum absolute atomic E-state index is 11.2. The average molecular weight is 216 g/mol. The number of hydrogen-bond donors (Lipinski definition) is 0. The summed E-state index contributed by atoms with van der Waals surface area (Å²) in [4.78, 5) is 11.2. The molecule has 0 bridgehead atoms. The fourth-order valence-electron chi connectivity index (χ4n) is 1.61. The quantitative estimate of drug-likeness (QED) is 0.641. The van der Waals surface area contributed by atoms with Crippen LogP contribution >= 0.6 is 0 Å². The summed E-state index contributed by atoms with van der Waals surface area (Å²) < 4.78 is 16.0. The summed E-state index contributed by atoms with van der Waals surface area (Å²) in [5.74, 6) is 0.151. The van der Waals surface area contributed by atoms with Crippen LogP contribution in [0, 0.1) is 0 Å². The van der Waals surface area contributed by atoms with Crippen LogP contribution in [-0.4, -0.2) is 44.4 Å². The third kappa shape index (κ3) is 3.55. The Bertz CT molecular complexity index is 205. The summed E-state index contributed by atoms with van der Waals surface area (Å²) in [7, 11) is 1.64. The van der Waals surface area contributed by atoms with Crippen LogP contribution in [0.2, 0.25) is 0 Å². The van der Waals surface area contributed by atoms with Gasteiger partial charge in [-0.2, -0.15) is 0 Å². The lowest BCUT2D eigenvalue weighted by molar-refractivity contribution is -0.175. The molecule has 1 fully saturated rings. The van der Waals surface area contributed by atoms with Gasteiger partial charge in [-0.3, -0.25) is 4.79 Å². The van der Waals surface area contributed by atoms with E-state index in [1.807, 2.05) is 13.8 Å². The molecule has 1 saturated carbocycles. The molecule has 0 aromatic heterocycles. The van der Waals surface area contributed by atoms with Crippen molar-refractivity contribution in [3.63, 3.8) is 0 Å². The molecule has 1 aliphatic carbocycles. The highest BCUT2D eigenvalue weighted by molar-refractivity contribution is 5.90. The van der Waals surface area contributed by atoms with Gasteiger partial charge in [0, 0.05) is 20.1 Å². The van der Waals surface area contributed by atoms with Crippen molar-refractivity contribution in [3.8, 4) is 0 Å². The Balaban J connectivity index is 2.26. The number of methoxy groups -OCH3 is 1. The number of Topliss-reactive ketones (excluding diaryl/α,β-unsaturated/α-hetero) is 1. The predicted octanol–water partition coefficient (Wildman–Crippen LogP) is 1.17. The minimum Gasteiger partial charge on any atom is -0.382 e. The van der Waals surface area contributed by atoms with Crippen LogP contribution in [0.15, 0.2) is 0 Å². The normalized spacial score (nSPS) is 27.5. The standard InChI is InChI=1S/C11H20O4/c1-4-5-14-11-9(12)6-10(11)15-8(2)7-13-3/h8,10-11H,4-7H2,1-3H3. The Morgan fingerprint density at radius 2 is 2.27 bits per heavy atom. The van der Waals surface area contributed by atoms with E-state index in [9.17, 15) is 4.79 Å². The van der Waals surface area contributed by atoms with Gasteiger partial charge in [0.05, 0.1) is 18.8 Å². The van der Waals surface area contributed by atoms with Gasteiger partial charge in [-0.25, -0.2) is 0 Å². The molecule has 0 N–H and O–H groups in total. The molecule has 0 aromatic carbocycles. The lowest BCUT2D eigenvalue weighted by Crippen LogP contribution is -2.52. The first-order valence-electron chi connectivity index (χ1n) is 5.47. The number of carbonyl (C=O) groups is 1. The lowest BCUT2D eigenvalue weighted by atomic mass is 9.89. The zero-order valence-electron chi connectivity index (χ0n) is 9.69. The molecule has 3 atom stereocenters. The summed E-state index contributed by atoms with van der Waals surface area (Å²) in [6.45, 7) is 5.12. The molecule has 0 amide bonds. The van der Waals surface area contributed by atoms with Gasteiger partial charge in [-0.05, 0) is 13.3 Å². The van der Waals surface area contributed by atoms with Crippen LogP contribution in [0.3, 0.4) is 0 Å². The second-order valence-electron chi connectivity index (χ2n) is 3.90. The Hall–Kier alpha value is -0.450. The largest absolute Gasteiger partial charge is 0.382 e. The molecule has 3 unspecified atom stereocenters. The molecule has 0 saturated heterocycles. The van der Waals surface area contributed by atoms with Gasteiger partial charge in [-0.15, -0.1) is 0 Å². The van der Waals surface area contributed by atoms with Crippen molar-refractivity contribution >= 4 is 5.78 Å². The Kier molecular flexibility index (Phi) is 5.22. The number of ether oxygens (including phenoxy) is 3. The van der Waals surface area contributed by atoms with E-state index < -0.39 is 0 Å². The van der Waals surface area contributed by atoms with E-state index in [0.717, 1.165) is 6.42 Å². The molecule has 4 heteroatoms. The van der Waals surface area contributed by atoms with Crippen molar-refractivity contribution in [2.45, 2.75) is 45.0 Å². The van der Waals surface area contributed by atoms with Gasteiger partial charge in [0.15, 0.2) is 5.78 Å². The molecule has 0 heterocycles. The van der Waals surface area contributed by atoms with Gasteiger partial charge in [0.25, 0.3) is 0 Å². The fraction of sp³-hybridized carbons (Fsp3) is 0.909. The number of ketones is 1. The van der Waals surface area contributed by atoms with Crippen LogP contribution in [-0.2, 0) is 19.0 Å². The van der Waals surface area contributed by atoms with Crippen molar-refractivity contribution in [3.05, 3.63) is 0 Å². The van der Waals surface area contributed by atoms with Crippen LogP contribution < -0.4 is 0 Å². The highest BCUT2D eigenvalue weighted by Gasteiger charge is 2.42. The molecular formula is C11H20O4. The van der Waals surface area contributed by atoms with E-state index in [1.165, 1.54) is 0 Å². The third-order valence-corrected chi connectivity index (χ3v) is 2.37. The molecule has 15 heavy (non-hydrogen) atoms. The van der Waals surface area contributed by atoms with Gasteiger partial charge in [0.2, 0.25) is 0 Å². The van der Waals surface area contributed by atoms with Crippen LogP contribution in [0.1, 0.15) is 26.7 Å². The monoisotopic (exact) mass is 216 g/mol. The topological polar surface area (TPSA) is 44.8 Å². The molecule has 0 spiro atoms. The molecule has 1 aliphatic rings. The zero-order chi connectivity index (χ0) is 11.3. The van der Waals surface area contributed by atoms with E-state index in [0.29, 0.717) is 19.6 Å². The maximum atomic E-state index is 11.2. The second-order valence-corrected chi connectivity index (χ2v) is 3.90. The second kappa shape index (κ2) is 6.20. The summed E-state index contributed by atoms with van der Waals surface area (Å²) in [6, 6.07) is 0. The van der Waals surface area contributed by atoms with Crippen molar-refractivity contribution in [2.24, 2.45) is 0 Å². The van der Waals surface area contributed by atoms with Crippen LogP contribution in [0.4, 0.5) is 0 Å². The van der Waals surface area contributed by atoms with E-state index in [-0.39, 0.29) is 24.1 Å². The summed E-state index contributed by atoms with van der Waals surface area (Å²) in [6.07, 6.45) is 0.992. The number of carbonyl (C=O) groups excluding carboxylic acids is 1. The van der Waals surface area contributed by atoms with Crippen molar-refractivity contribution in [1.82, 2.24) is 0 Å². The van der Waals surface area contributed by atoms with Gasteiger partial charge >= 0.3 is 0 Å². The molecule has 4 nitrogen and oxygen atoms in total. The highest BCUT2D eigenvalue weighted by Crippen LogP contribution is 2.24. The molecular weight excluding hydrogens is 196 g/mol. The first kappa shape index (κ1) is 12.6. The Morgan fingerprint density at radius 1 is 1.53 bits per heavy atom. The molecule has 0 aliphatic heterocycles. The SMILES string of the molecule is CCCOC1C(=O)CC1OC(C)COC. The smallest absolute Gasteiger partial charge is 0.166 e. The minimum atomic E-state index is -0.343. The van der Waals surface area contributed by atoms with Crippen LogP contribution in [0.5, 0.6) is 0 Å². The van der Waals surface area contributed by atoms with Gasteiger partial charge in [0.1, 0.15) is 6.10 Å². The first-order chi connectivity index (χ1) is 7.19. The van der Waals surface area contributed by atoms with Crippen molar-refractivity contribution < 1.29 is 19.0 Å². The average Bonchev–Trinajstić information content (AvgIpc) is 2.18. The number of hydrogen-bond acceptors (Lipinski definition) is 4. The van der Waals surface area contributed by atoms with E-state index in [4.69, 9.17) is 14.2 Å². The Morgan fingerprint density at radius 3 is 2.80 bits per heavy atom. The molecule has 1 rings (SSSR count). The summed E-state index contributed by atoms with van der Waals surface area (Å²) >= 11 is 0. The van der Waals surface area contributed by atoms with Crippen LogP contribution in [0.25, 0.3) is 0 Å².